The van der Waals surface area contributed by atoms with Gasteiger partial charge in [-0.25, -0.2) is 8.78 Å². The molecular weight excluding hydrogens is 426 g/mol. The molecule has 0 spiro atoms. The maximum absolute atomic E-state index is 14.4. The molecule has 0 radical (unpaired) electrons. The highest BCUT2D eigenvalue weighted by Crippen LogP contribution is 2.57. The lowest BCUT2D eigenvalue weighted by molar-refractivity contribution is -0.0323. The number of hydrogen-bond acceptors (Lipinski definition) is 1. The van der Waals surface area contributed by atoms with Crippen LogP contribution in [0.4, 0.5) is 22.0 Å². The molecule has 0 amide bonds. The van der Waals surface area contributed by atoms with Crippen molar-refractivity contribution in [2.24, 2.45) is 0 Å². The molecule has 3 rings (SSSR count). The van der Waals surface area contributed by atoms with Crippen LogP contribution in [-0.2, 0) is 9.75 Å². The van der Waals surface area contributed by atoms with Crippen LogP contribution in [0, 0.1) is 11.6 Å². The standard InChI is InChI=1S/C19H13Cl2F5S/c20-17(13-5-1-3-7-15(13)22)9-12(27-19(24,25)26)10-18(21,11-17)14-6-2-4-8-16(14)23/h1-9H,10-11H2. The summed E-state index contributed by atoms with van der Waals surface area (Å²) in [5.41, 5.74) is -4.56. The second-order valence-corrected chi connectivity index (χ2v) is 8.89. The molecule has 8 heteroatoms. The lowest BCUT2D eigenvalue weighted by Gasteiger charge is -2.41. The fourth-order valence-corrected chi connectivity index (χ4v) is 5.41. The van der Waals surface area contributed by atoms with E-state index in [-0.39, 0.29) is 40.6 Å². The molecule has 0 fully saturated rings. The summed E-state index contributed by atoms with van der Waals surface area (Å²) in [6.45, 7) is 0. The Morgan fingerprint density at radius 1 is 0.852 bits per heavy atom. The minimum Gasteiger partial charge on any atom is -0.207 e. The van der Waals surface area contributed by atoms with Gasteiger partial charge in [-0.3, -0.25) is 0 Å². The Labute approximate surface area is 167 Å². The van der Waals surface area contributed by atoms with Crippen LogP contribution in [0.25, 0.3) is 0 Å². The third-order valence-corrected chi connectivity index (χ3v) is 5.98. The zero-order chi connectivity index (χ0) is 19.9. The molecule has 0 saturated heterocycles. The van der Waals surface area contributed by atoms with E-state index in [1.54, 1.807) is 0 Å². The Balaban J connectivity index is 2.14. The molecule has 27 heavy (non-hydrogen) atoms. The topological polar surface area (TPSA) is 0 Å². The number of halogens is 7. The average molecular weight is 439 g/mol. The Morgan fingerprint density at radius 3 is 1.89 bits per heavy atom. The summed E-state index contributed by atoms with van der Waals surface area (Å²) in [5.74, 6) is -1.33. The van der Waals surface area contributed by atoms with Gasteiger partial charge in [0, 0.05) is 17.5 Å². The minimum absolute atomic E-state index is 0.00648. The van der Waals surface area contributed by atoms with Crippen LogP contribution in [0.5, 0.6) is 0 Å². The predicted molar refractivity (Wildman–Crippen MR) is 98.8 cm³/mol. The van der Waals surface area contributed by atoms with E-state index >= 15 is 0 Å². The molecule has 0 aliphatic heterocycles. The molecular formula is C19H13Cl2F5S. The van der Waals surface area contributed by atoms with E-state index in [9.17, 15) is 22.0 Å². The van der Waals surface area contributed by atoms with Crippen LogP contribution in [-0.4, -0.2) is 5.51 Å². The zero-order valence-corrected chi connectivity index (χ0v) is 16.0. The molecule has 1 aliphatic carbocycles. The number of thioether (sulfide) groups is 1. The van der Waals surface area contributed by atoms with Crippen molar-refractivity contribution in [2.75, 3.05) is 0 Å². The summed E-state index contributed by atoms with van der Waals surface area (Å²) >= 11 is 12.9. The maximum atomic E-state index is 14.4. The van der Waals surface area contributed by atoms with Crippen LogP contribution >= 0.6 is 35.0 Å². The van der Waals surface area contributed by atoms with E-state index in [0.29, 0.717) is 0 Å². The third kappa shape index (κ3) is 4.44. The van der Waals surface area contributed by atoms with Gasteiger partial charge in [0.25, 0.3) is 0 Å². The number of hydrogen-bond donors (Lipinski definition) is 0. The first-order valence-electron chi connectivity index (χ1n) is 7.88. The van der Waals surface area contributed by atoms with E-state index in [4.69, 9.17) is 23.2 Å². The largest absolute Gasteiger partial charge is 0.446 e. The third-order valence-electron chi connectivity index (χ3n) is 4.31. The number of rotatable bonds is 3. The molecule has 1 aliphatic rings. The normalized spacial score (nSPS) is 26.0. The molecule has 2 aromatic carbocycles. The van der Waals surface area contributed by atoms with Gasteiger partial charge in [-0.2, -0.15) is 13.2 Å². The Hall–Kier alpha value is -1.24. The predicted octanol–water partition coefficient (Wildman–Crippen LogP) is 7.46. The molecule has 2 aromatic rings. The lowest BCUT2D eigenvalue weighted by atomic mass is 9.77. The first-order valence-corrected chi connectivity index (χ1v) is 9.45. The Kier molecular flexibility index (Phi) is 5.54. The summed E-state index contributed by atoms with van der Waals surface area (Å²) in [4.78, 5) is -3.40. The second-order valence-electron chi connectivity index (χ2n) is 6.30. The Morgan fingerprint density at radius 2 is 1.37 bits per heavy atom. The fraction of sp³-hybridized carbons (Fsp3) is 0.263. The molecule has 0 bridgehead atoms. The summed E-state index contributed by atoms with van der Waals surface area (Å²) in [5, 5.41) is 0. The van der Waals surface area contributed by atoms with Crippen LogP contribution in [0.2, 0.25) is 0 Å². The van der Waals surface area contributed by atoms with Crippen LogP contribution < -0.4 is 0 Å². The molecule has 2 unspecified atom stereocenters. The summed E-state index contributed by atoms with van der Waals surface area (Å²) in [6, 6.07) is 11.1. The van der Waals surface area contributed by atoms with Gasteiger partial charge in [0.15, 0.2) is 0 Å². The van der Waals surface area contributed by atoms with Crippen molar-refractivity contribution in [3.63, 3.8) is 0 Å². The van der Waals surface area contributed by atoms with E-state index in [2.05, 4.69) is 0 Å². The van der Waals surface area contributed by atoms with Crippen molar-refractivity contribution in [3.8, 4) is 0 Å². The molecule has 0 aromatic heterocycles. The highest BCUT2D eigenvalue weighted by atomic mass is 35.5. The van der Waals surface area contributed by atoms with Crippen molar-refractivity contribution in [1.29, 1.82) is 0 Å². The van der Waals surface area contributed by atoms with E-state index < -0.39 is 26.9 Å². The summed E-state index contributed by atoms with van der Waals surface area (Å²) < 4.78 is 67.7. The van der Waals surface area contributed by atoms with Gasteiger partial charge in [0.1, 0.15) is 11.6 Å². The maximum Gasteiger partial charge on any atom is 0.446 e. The molecule has 0 saturated carbocycles. The van der Waals surface area contributed by atoms with Crippen LogP contribution in [0.15, 0.2) is 59.5 Å². The van der Waals surface area contributed by atoms with Crippen LogP contribution in [0.1, 0.15) is 24.0 Å². The number of benzene rings is 2. The van der Waals surface area contributed by atoms with Gasteiger partial charge >= 0.3 is 5.51 Å². The quantitative estimate of drug-likeness (QED) is 0.353. The minimum atomic E-state index is -4.58. The molecule has 2 atom stereocenters. The smallest absolute Gasteiger partial charge is 0.207 e. The van der Waals surface area contributed by atoms with Gasteiger partial charge in [-0.1, -0.05) is 36.4 Å². The number of allylic oxidation sites excluding steroid dienone is 2. The first kappa shape index (κ1) is 20.5. The van der Waals surface area contributed by atoms with Gasteiger partial charge in [0.2, 0.25) is 0 Å². The van der Waals surface area contributed by atoms with Crippen molar-refractivity contribution >= 4 is 35.0 Å². The van der Waals surface area contributed by atoms with Gasteiger partial charge < -0.3 is 0 Å². The van der Waals surface area contributed by atoms with E-state index in [1.165, 1.54) is 48.5 Å². The van der Waals surface area contributed by atoms with Crippen LogP contribution in [0.3, 0.4) is 0 Å². The van der Waals surface area contributed by atoms with E-state index in [0.717, 1.165) is 6.07 Å². The Bertz CT molecular complexity index is 882. The molecule has 0 N–H and O–H groups in total. The van der Waals surface area contributed by atoms with Crippen molar-refractivity contribution in [3.05, 3.63) is 82.3 Å². The van der Waals surface area contributed by atoms with E-state index in [1.807, 2.05) is 0 Å². The SMILES string of the molecule is Fc1ccccc1C1(Cl)C=C(SC(F)(F)F)CC(Cl)(c2ccccc2F)C1. The molecule has 144 valence electrons. The van der Waals surface area contributed by atoms with Crippen molar-refractivity contribution < 1.29 is 22.0 Å². The van der Waals surface area contributed by atoms with Gasteiger partial charge in [0.05, 0.1) is 9.75 Å². The highest BCUT2D eigenvalue weighted by Gasteiger charge is 2.48. The summed E-state index contributed by atoms with van der Waals surface area (Å²) in [7, 11) is 0. The first-order chi connectivity index (χ1) is 12.5. The molecule has 0 heterocycles. The second kappa shape index (κ2) is 7.30. The van der Waals surface area contributed by atoms with Gasteiger partial charge in [-0.15, -0.1) is 23.2 Å². The molecule has 0 nitrogen and oxygen atoms in total. The lowest BCUT2D eigenvalue weighted by Crippen LogP contribution is -2.35. The fourth-order valence-electron chi connectivity index (χ4n) is 3.30. The highest BCUT2D eigenvalue weighted by molar-refractivity contribution is 8.03. The zero-order valence-electron chi connectivity index (χ0n) is 13.7. The van der Waals surface area contributed by atoms with Crippen molar-refractivity contribution in [2.45, 2.75) is 28.1 Å². The average Bonchev–Trinajstić information content (AvgIpc) is 2.52. The number of alkyl halides is 5. The van der Waals surface area contributed by atoms with Crippen molar-refractivity contribution in [1.82, 2.24) is 0 Å². The van der Waals surface area contributed by atoms with Gasteiger partial charge in [-0.05, 0) is 41.3 Å². The monoisotopic (exact) mass is 438 g/mol. The summed E-state index contributed by atoms with van der Waals surface area (Å²) in [6.07, 6.45) is 0.724.